The van der Waals surface area contributed by atoms with Crippen LogP contribution >= 0.6 is 0 Å². The number of nitrogens with two attached hydrogens (primary N) is 1. The molecule has 0 saturated heterocycles. The summed E-state index contributed by atoms with van der Waals surface area (Å²) in [6.07, 6.45) is 0. The number of benzene rings is 2. The number of hydrogen-bond acceptors (Lipinski definition) is 2. The molecule has 0 bridgehead atoms. The molecule has 0 unspecified atom stereocenters. The van der Waals surface area contributed by atoms with Gasteiger partial charge in [0.25, 0.3) is 0 Å². The SMILES string of the molecule is NC(=O)NCc1cccc(NCc2ccccc2)c1. The van der Waals surface area contributed by atoms with Crippen LogP contribution < -0.4 is 16.4 Å². The first-order valence-corrected chi connectivity index (χ1v) is 6.14. The number of urea groups is 1. The molecule has 0 aromatic heterocycles. The van der Waals surface area contributed by atoms with Crippen LogP contribution in [0.1, 0.15) is 11.1 Å². The molecule has 98 valence electrons. The zero-order chi connectivity index (χ0) is 13.5. The standard InChI is InChI=1S/C15H17N3O/c16-15(19)18-11-13-7-4-8-14(9-13)17-10-12-5-2-1-3-6-12/h1-9,17H,10-11H2,(H3,16,18,19). The number of carbonyl (C=O) groups excluding carboxylic acids is 1. The van der Waals surface area contributed by atoms with Gasteiger partial charge in [0.05, 0.1) is 0 Å². The van der Waals surface area contributed by atoms with Gasteiger partial charge in [-0.3, -0.25) is 0 Å². The van der Waals surface area contributed by atoms with E-state index in [0.29, 0.717) is 6.54 Å². The van der Waals surface area contributed by atoms with Gasteiger partial charge in [0, 0.05) is 18.8 Å². The van der Waals surface area contributed by atoms with Crippen LogP contribution in [0.15, 0.2) is 54.6 Å². The molecule has 0 atom stereocenters. The fraction of sp³-hybridized carbons (Fsp3) is 0.133. The largest absolute Gasteiger partial charge is 0.381 e. The van der Waals surface area contributed by atoms with Crippen molar-refractivity contribution in [2.75, 3.05) is 5.32 Å². The molecule has 2 aromatic carbocycles. The Balaban J connectivity index is 1.93. The lowest BCUT2D eigenvalue weighted by Gasteiger charge is -2.09. The Kier molecular flexibility index (Phi) is 4.39. The first-order valence-electron chi connectivity index (χ1n) is 6.14. The third kappa shape index (κ3) is 4.35. The van der Waals surface area contributed by atoms with Crippen LogP contribution in [-0.4, -0.2) is 6.03 Å². The van der Waals surface area contributed by atoms with E-state index in [2.05, 4.69) is 22.8 Å². The maximum Gasteiger partial charge on any atom is 0.312 e. The summed E-state index contributed by atoms with van der Waals surface area (Å²) in [5.41, 5.74) is 8.30. The van der Waals surface area contributed by atoms with Crippen molar-refractivity contribution in [1.82, 2.24) is 5.32 Å². The Morgan fingerprint density at radius 3 is 2.42 bits per heavy atom. The van der Waals surface area contributed by atoms with E-state index in [1.165, 1.54) is 5.56 Å². The average Bonchev–Trinajstić information content (AvgIpc) is 2.44. The topological polar surface area (TPSA) is 67.2 Å². The number of amides is 2. The molecule has 2 rings (SSSR count). The van der Waals surface area contributed by atoms with Crippen molar-refractivity contribution >= 4 is 11.7 Å². The van der Waals surface area contributed by atoms with E-state index in [1.807, 2.05) is 42.5 Å². The minimum Gasteiger partial charge on any atom is -0.381 e. The molecule has 0 aliphatic rings. The Bertz CT molecular complexity index is 540. The number of hydrogen-bond donors (Lipinski definition) is 3. The highest BCUT2D eigenvalue weighted by atomic mass is 16.2. The monoisotopic (exact) mass is 255 g/mol. The molecule has 0 fully saturated rings. The number of nitrogens with one attached hydrogen (secondary N) is 2. The molecule has 2 aromatic rings. The Morgan fingerprint density at radius 1 is 0.947 bits per heavy atom. The second-order valence-electron chi connectivity index (χ2n) is 4.26. The summed E-state index contributed by atoms with van der Waals surface area (Å²) < 4.78 is 0. The zero-order valence-corrected chi connectivity index (χ0v) is 10.6. The van der Waals surface area contributed by atoms with E-state index in [0.717, 1.165) is 17.8 Å². The quantitative estimate of drug-likeness (QED) is 0.768. The van der Waals surface area contributed by atoms with E-state index in [1.54, 1.807) is 0 Å². The maximum absolute atomic E-state index is 10.7. The summed E-state index contributed by atoms with van der Waals surface area (Å²) in [5.74, 6) is 0. The molecule has 0 heterocycles. The van der Waals surface area contributed by atoms with Gasteiger partial charge < -0.3 is 16.4 Å². The summed E-state index contributed by atoms with van der Waals surface area (Å²) in [7, 11) is 0. The van der Waals surface area contributed by atoms with Crippen LogP contribution in [0.5, 0.6) is 0 Å². The maximum atomic E-state index is 10.7. The lowest BCUT2D eigenvalue weighted by molar-refractivity contribution is 0.248. The van der Waals surface area contributed by atoms with Crippen molar-refractivity contribution in [3.8, 4) is 0 Å². The average molecular weight is 255 g/mol. The highest BCUT2D eigenvalue weighted by molar-refractivity contribution is 5.71. The lowest BCUT2D eigenvalue weighted by atomic mass is 10.2. The first kappa shape index (κ1) is 13.0. The van der Waals surface area contributed by atoms with Crippen LogP contribution in [0.25, 0.3) is 0 Å². The molecular weight excluding hydrogens is 238 g/mol. The number of rotatable bonds is 5. The van der Waals surface area contributed by atoms with E-state index >= 15 is 0 Å². The summed E-state index contributed by atoms with van der Waals surface area (Å²) in [5, 5.41) is 5.92. The number of primary amides is 1. The smallest absolute Gasteiger partial charge is 0.312 e. The molecule has 0 saturated carbocycles. The van der Waals surface area contributed by atoms with Crippen molar-refractivity contribution in [2.45, 2.75) is 13.1 Å². The van der Waals surface area contributed by atoms with Crippen LogP contribution in [0.4, 0.5) is 10.5 Å². The highest BCUT2D eigenvalue weighted by Gasteiger charge is 1.98. The molecule has 0 aliphatic heterocycles. The molecule has 4 nitrogen and oxygen atoms in total. The van der Waals surface area contributed by atoms with E-state index in [9.17, 15) is 4.79 Å². The molecule has 0 radical (unpaired) electrons. The third-order valence-corrected chi connectivity index (χ3v) is 2.73. The summed E-state index contributed by atoms with van der Waals surface area (Å²) in [6.45, 7) is 1.21. The third-order valence-electron chi connectivity index (χ3n) is 2.73. The van der Waals surface area contributed by atoms with Gasteiger partial charge >= 0.3 is 6.03 Å². The minimum atomic E-state index is -0.511. The van der Waals surface area contributed by atoms with Crippen LogP contribution in [-0.2, 0) is 13.1 Å². The van der Waals surface area contributed by atoms with E-state index in [4.69, 9.17) is 5.73 Å². The van der Waals surface area contributed by atoms with Gasteiger partial charge in [0.1, 0.15) is 0 Å². The van der Waals surface area contributed by atoms with Gasteiger partial charge in [0.15, 0.2) is 0 Å². The Hall–Kier alpha value is -2.49. The zero-order valence-electron chi connectivity index (χ0n) is 10.6. The van der Waals surface area contributed by atoms with Crippen LogP contribution in [0.3, 0.4) is 0 Å². The Labute approximate surface area is 112 Å². The van der Waals surface area contributed by atoms with E-state index in [-0.39, 0.29) is 0 Å². The fourth-order valence-corrected chi connectivity index (χ4v) is 1.78. The second-order valence-corrected chi connectivity index (χ2v) is 4.26. The van der Waals surface area contributed by atoms with Gasteiger partial charge in [-0.15, -0.1) is 0 Å². The van der Waals surface area contributed by atoms with Crippen molar-refractivity contribution in [3.63, 3.8) is 0 Å². The highest BCUT2D eigenvalue weighted by Crippen LogP contribution is 2.12. The molecule has 19 heavy (non-hydrogen) atoms. The number of anilines is 1. The molecule has 0 spiro atoms. The van der Waals surface area contributed by atoms with Crippen molar-refractivity contribution in [3.05, 3.63) is 65.7 Å². The summed E-state index contributed by atoms with van der Waals surface area (Å²) >= 11 is 0. The van der Waals surface area contributed by atoms with Crippen LogP contribution in [0, 0.1) is 0 Å². The number of carbonyl (C=O) groups is 1. The molecule has 0 aliphatic carbocycles. The van der Waals surface area contributed by atoms with Crippen molar-refractivity contribution in [2.24, 2.45) is 5.73 Å². The van der Waals surface area contributed by atoms with Gasteiger partial charge in [-0.05, 0) is 23.3 Å². The molecular formula is C15H17N3O. The van der Waals surface area contributed by atoms with Crippen molar-refractivity contribution < 1.29 is 4.79 Å². The lowest BCUT2D eigenvalue weighted by Crippen LogP contribution is -2.28. The van der Waals surface area contributed by atoms with Crippen molar-refractivity contribution in [1.29, 1.82) is 0 Å². The second kappa shape index (κ2) is 6.44. The van der Waals surface area contributed by atoms with E-state index < -0.39 is 6.03 Å². The molecule has 2 amide bonds. The first-order chi connectivity index (χ1) is 9.24. The van der Waals surface area contributed by atoms with Gasteiger partial charge in [-0.25, -0.2) is 4.79 Å². The fourth-order valence-electron chi connectivity index (χ4n) is 1.78. The normalized spacial score (nSPS) is 9.89. The minimum absolute atomic E-state index is 0.441. The summed E-state index contributed by atoms with van der Waals surface area (Å²) in [4.78, 5) is 10.7. The Morgan fingerprint density at radius 2 is 1.68 bits per heavy atom. The molecule has 4 heteroatoms. The molecule has 4 N–H and O–H groups in total. The van der Waals surface area contributed by atoms with Gasteiger partial charge in [-0.2, -0.15) is 0 Å². The van der Waals surface area contributed by atoms with Gasteiger partial charge in [-0.1, -0.05) is 42.5 Å². The summed E-state index contributed by atoms with van der Waals surface area (Å²) in [6, 6.07) is 17.6. The van der Waals surface area contributed by atoms with Crippen LogP contribution in [0.2, 0.25) is 0 Å². The van der Waals surface area contributed by atoms with Gasteiger partial charge in [0.2, 0.25) is 0 Å². The predicted octanol–water partition coefficient (Wildman–Crippen LogP) is 2.47. The predicted molar refractivity (Wildman–Crippen MR) is 76.6 cm³/mol.